The zero-order valence-electron chi connectivity index (χ0n) is 12.3. The van der Waals surface area contributed by atoms with Gasteiger partial charge in [-0.15, -0.1) is 0 Å². The predicted octanol–water partition coefficient (Wildman–Crippen LogP) is 4.28. The smallest absolute Gasteiger partial charge is 0.128 e. The van der Waals surface area contributed by atoms with Gasteiger partial charge < -0.3 is 9.84 Å². The average molecular weight is 347 g/mol. The zero-order chi connectivity index (χ0) is 15.0. The van der Waals surface area contributed by atoms with Crippen molar-refractivity contribution in [1.29, 1.82) is 0 Å². The number of hydrogen-bond donors (Lipinski definition) is 1. The fourth-order valence-corrected chi connectivity index (χ4v) is 3.33. The first-order valence-corrected chi connectivity index (χ1v) is 8.03. The second-order valence-corrected chi connectivity index (χ2v) is 6.64. The molecule has 3 heteroatoms. The van der Waals surface area contributed by atoms with Gasteiger partial charge in [0.15, 0.2) is 0 Å². The third-order valence-electron chi connectivity index (χ3n) is 4.14. The summed E-state index contributed by atoms with van der Waals surface area (Å²) in [5.41, 5.74) is 5.75. The molecule has 1 N–H and O–H groups in total. The molecule has 0 aromatic heterocycles. The number of aryl methyl sites for hydroxylation is 2. The van der Waals surface area contributed by atoms with Gasteiger partial charge in [-0.2, -0.15) is 0 Å². The lowest BCUT2D eigenvalue weighted by Crippen LogP contribution is -2.04. The van der Waals surface area contributed by atoms with Crippen molar-refractivity contribution >= 4 is 15.9 Å². The average Bonchev–Trinajstić information content (AvgIpc) is 2.90. The molecule has 0 fully saturated rings. The van der Waals surface area contributed by atoms with Crippen LogP contribution < -0.4 is 4.74 Å². The van der Waals surface area contributed by atoms with Crippen molar-refractivity contribution in [3.63, 3.8) is 0 Å². The second-order valence-electron chi connectivity index (χ2n) is 5.72. The summed E-state index contributed by atoms with van der Waals surface area (Å²) in [6.45, 7) is 4.91. The molecule has 1 heterocycles. The van der Waals surface area contributed by atoms with Gasteiger partial charge in [0, 0.05) is 22.9 Å². The highest BCUT2D eigenvalue weighted by atomic mass is 79.9. The summed E-state index contributed by atoms with van der Waals surface area (Å²) in [6.07, 6.45) is 0.974. The molecule has 2 nitrogen and oxygen atoms in total. The molecular formula is C18H19BrO2. The zero-order valence-corrected chi connectivity index (χ0v) is 13.9. The third kappa shape index (κ3) is 2.99. The monoisotopic (exact) mass is 346 g/mol. The first-order chi connectivity index (χ1) is 10.0. The number of benzene rings is 2. The summed E-state index contributed by atoms with van der Waals surface area (Å²) in [6, 6.07) is 10.4. The van der Waals surface area contributed by atoms with Crippen LogP contribution in [0.1, 0.15) is 33.9 Å². The normalized spacial score (nSPS) is 14.7. The molecule has 0 saturated carbocycles. The fraction of sp³-hybridized carbons (Fsp3) is 0.333. The predicted molar refractivity (Wildman–Crippen MR) is 87.9 cm³/mol. The minimum absolute atomic E-state index is 0.545. The molecule has 0 bridgehead atoms. The first kappa shape index (κ1) is 14.6. The van der Waals surface area contributed by atoms with Crippen molar-refractivity contribution in [2.45, 2.75) is 32.8 Å². The third-order valence-corrected chi connectivity index (χ3v) is 4.59. The lowest BCUT2D eigenvalue weighted by atomic mass is 9.96. The topological polar surface area (TPSA) is 29.5 Å². The van der Waals surface area contributed by atoms with E-state index in [1.165, 1.54) is 16.7 Å². The highest BCUT2D eigenvalue weighted by Gasteiger charge is 2.22. The number of rotatable bonds is 3. The van der Waals surface area contributed by atoms with Crippen LogP contribution in [0.2, 0.25) is 0 Å². The van der Waals surface area contributed by atoms with E-state index in [1.54, 1.807) is 0 Å². The quantitative estimate of drug-likeness (QED) is 0.898. The molecule has 1 aliphatic heterocycles. The molecule has 0 spiro atoms. The molecule has 0 saturated heterocycles. The molecule has 0 aliphatic carbocycles. The number of fused-ring (bicyclic) bond motifs is 1. The SMILES string of the molecule is Cc1ccc(CC(O)c2cc(Br)cc3c2OCC3)cc1C. The minimum atomic E-state index is -0.545. The molecule has 0 amide bonds. The Morgan fingerprint density at radius 3 is 2.76 bits per heavy atom. The lowest BCUT2D eigenvalue weighted by molar-refractivity contribution is 0.173. The van der Waals surface area contributed by atoms with Crippen molar-refractivity contribution in [3.05, 3.63) is 62.6 Å². The Kier molecular flexibility index (Phi) is 4.05. The van der Waals surface area contributed by atoms with E-state index in [9.17, 15) is 5.11 Å². The van der Waals surface area contributed by atoms with E-state index in [4.69, 9.17) is 4.74 Å². The largest absolute Gasteiger partial charge is 0.493 e. The minimum Gasteiger partial charge on any atom is -0.493 e. The summed E-state index contributed by atoms with van der Waals surface area (Å²) in [5.74, 6) is 0.870. The Morgan fingerprint density at radius 1 is 1.19 bits per heavy atom. The van der Waals surface area contributed by atoms with E-state index >= 15 is 0 Å². The van der Waals surface area contributed by atoms with Crippen molar-refractivity contribution in [2.24, 2.45) is 0 Å². The number of hydrogen-bond acceptors (Lipinski definition) is 2. The van der Waals surface area contributed by atoms with Gasteiger partial charge >= 0.3 is 0 Å². The van der Waals surface area contributed by atoms with Crippen LogP contribution in [0.4, 0.5) is 0 Å². The standard InChI is InChI=1S/C18H19BrO2/c1-11-3-4-13(7-12(11)2)8-17(20)16-10-15(19)9-14-5-6-21-18(14)16/h3-4,7,9-10,17,20H,5-6,8H2,1-2H3. The van der Waals surface area contributed by atoms with Crippen molar-refractivity contribution < 1.29 is 9.84 Å². The Labute approximate surface area is 133 Å². The Hall–Kier alpha value is -1.32. The van der Waals surface area contributed by atoms with Crippen LogP contribution in [0.15, 0.2) is 34.8 Å². The Bertz CT molecular complexity index is 679. The van der Waals surface area contributed by atoms with Crippen LogP contribution in [0.5, 0.6) is 5.75 Å². The Balaban J connectivity index is 1.89. The summed E-state index contributed by atoms with van der Waals surface area (Å²) >= 11 is 3.52. The van der Waals surface area contributed by atoms with Gasteiger partial charge in [0.1, 0.15) is 5.75 Å². The maximum Gasteiger partial charge on any atom is 0.128 e. The molecule has 21 heavy (non-hydrogen) atoms. The molecule has 3 rings (SSSR count). The summed E-state index contributed by atoms with van der Waals surface area (Å²) < 4.78 is 6.71. The van der Waals surface area contributed by atoms with Gasteiger partial charge in [0.05, 0.1) is 12.7 Å². The van der Waals surface area contributed by atoms with Gasteiger partial charge in [0.25, 0.3) is 0 Å². The summed E-state index contributed by atoms with van der Waals surface area (Å²) in [7, 11) is 0. The van der Waals surface area contributed by atoms with Gasteiger partial charge in [-0.25, -0.2) is 0 Å². The maximum absolute atomic E-state index is 10.6. The van der Waals surface area contributed by atoms with Gasteiger partial charge in [-0.3, -0.25) is 0 Å². The molecule has 110 valence electrons. The number of aliphatic hydroxyl groups is 1. The molecular weight excluding hydrogens is 328 g/mol. The molecule has 1 unspecified atom stereocenters. The maximum atomic E-state index is 10.6. The van der Waals surface area contributed by atoms with Crippen LogP contribution in [0, 0.1) is 13.8 Å². The van der Waals surface area contributed by atoms with Crippen LogP contribution in [-0.2, 0) is 12.8 Å². The van der Waals surface area contributed by atoms with Crippen molar-refractivity contribution in [2.75, 3.05) is 6.61 Å². The van der Waals surface area contributed by atoms with Crippen LogP contribution in [0.25, 0.3) is 0 Å². The fourth-order valence-electron chi connectivity index (χ4n) is 2.81. The lowest BCUT2D eigenvalue weighted by Gasteiger charge is -2.16. The molecule has 1 atom stereocenters. The highest BCUT2D eigenvalue weighted by Crippen LogP contribution is 2.37. The van der Waals surface area contributed by atoms with Gasteiger partial charge in [0.2, 0.25) is 0 Å². The Morgan fingerprint density at radius 2 is 2.00 bits per heavy atom. The molecule has 2 aromatic carbocycles. The van der Waals surface area contributed by atoms with E-state index in [-0.39, 0.29) is 0 Å². The molecule has 1 aliphatic rings. The summed E-state index contributed by atoms with van der Waals surface area (Å²) in [4.78, 5) is 0. The van der Waals surface area contributed by atoms with E-state index in [1.807, 2.05) is 6.07 Å². The molecule has 2 aromatic rings. The van der Waals surface area contributed by atoms with E-state index in [0.29, 0.717) is 13.0 Å². The van der Waals surface area contributed by atoms with Crippen molar-refractivity contribution in [1.82, 2.24) is 0 Å². The first-order valence-electron chi connectivity index (χ1n) is 7.24. The molecule has 0 radical (unpaired) electrons. The van der Waals surface area contributed by atoms with Gasteiger partial charge in [-0.05, 0) is 48.2 Å². The number of halogens is 1. The van der Waals surface area contributed by atoms with E-state index < -0.39 is 6.10 Å². The van der Waals surface area contributed by atoms with E-state index in [2.05, 4.69) is 54.0 Å². The number of ether oxygens (including phenoxy) is 1. The van der Waals surface area contributed by atoms with E-state index in [0.717, 1.165) is 27.8 Å². The summed E-state index contributed by atoms with van der Waals surface area (Å²) in [5, 5.41) is 10.6. The highest BCUT2D eigenvalue weighted by molar-refractivity contribution is 9.10. The van der Waals surface area contributed by atoms with Crippen molar-refractivity contribution in [3.8, 4) is 5.75 Å². The van der Waals surface area contributed by atoms with Gasteiger partial charge in [-0.1, -0.05) is 34.1 Å². The van der Waals surface area contributed by atoms with Crippen LogP contribution in [-0.4, -0.2) is 11.7 Å². The van der Waals surface area contributed by atoms with Crippen LogP contribution >= 0.6 is 15.9 Å². The number of aliphatic hydroxyl groups excluding tert-OH is 1. The second kappa shape index (κ2) is 5.82. The van der Waals surface area contributed by atoms with Crippen LogP contribution in [0.3, 0.4) is 0 Å².